The van der Waals surface area contributed by atoms with Crippen molar-refractivity contribution < 1.29 is 4.79 Å². The number of hydrogen-bond donors (Lipinski definition) is 2. The molecule has 0 unspecified atom stereocenters. The fourth-order valence-corrected chi connectivity index (χ4v) is 2.35. The molecule has 3 nitrogen and oxygen atoms in total. The lowest BCUT2D eigenvalue weighted by Crippen LogP contribution is -2.27. The summed E-state index contributed by atoms with van der Waals surface area (Å²) in [7, 11) is 0. The van der Waals surface area contributed by atoms with Gasteiger partial charge in [0, 0.05) is 12.1 Å². The smallest absolute Gasteiger partial charge is 0.251 e. The minimum Gasteiger partial charge on any atom is -0.352 e. The van der Waals surface area contributed by atoms with E-state index in [0.29, 0.717) is 12.5 Å². The molecular formula is C19H26N2O. The molecule has 1 aliphatic heterocycles. The number of rotatable bonds is 3. The number of hydrogen-bond acceptors (Lipinski definition) is 2. The molecule has 0 aromatic heterocycles. The molecule has 0 radical (unpaired) electrons. The molecule has 2 aromatic carbocycles. The van der Waals surface area contributed by atoms with Gasteiger partial charge in [-0.05, 0) is 54.8 Å². The van der Waals surface area contributed by atoms with Crippen LogP contribution in [0.15, 0.2) is 42.5 Å². The maximum Gasteiger partial charge on any atom is 0.251 e. The standard InChI is InChI=1S/C15H17NO.C4H9N/c1-11(2)10-16-15(17)14-8-7-12-5-3-4-6-13(12)9-14;1-2-4-5-3-1/h3-9,11H,10H2,1-2H3,(H,16,17);5H,1-4H2. The molecule has 1 fully saturated rings. The second-order valence-electron chi connectivity index (χ2n) is 6.12. The highest BCUT2D eigenvalue weighted by molar-refractivity contribution is 5.98. The predicted molar refractivity (Wildman–Crippen MR) is 93.2 cm³/mol. The summed E-state index contributed by atoms with van der Waals surface area (Å²) in [5.74, 6) is 0.476. The minimum atomic E-state index is 0.00412. The Morgan fingerprint density at radius 2 is 1.77 bits per heavy atom. The van der Waals surface area contributed by atoms with Crippen LogP contribution in [0.1, 0.15) is 37.0 Å². The van der Waals surface area contributed by atoms with Crippen LogP contribution in [0.3, 0.4) is 0 Å². The summed E-state index contributed by atoms with van der Waals surface area (Å²) in [4.78, 5) is 11.9. The molecular weight excluding hydrogens is 272 g/mol. The number of nitrogens with one attached hydrogen (secondary N) is 2. The monoisotopic (exact) mass is 298 g/mol. The lowest BCUT2D eigenvalue weighted by Gasteiger charge is -2.08. The first-order chi connectivity index (χ1) is 10.7. The highest BCUT2D eigenvalue weighted by Gasteiger charge is 2.06. The van der Waals surface area contributed by atoms with Gasteiger partial charge in [0.2, 0.25) is 0 Å². The Labute approximate surface area is 133 Å². The fourth-order valence-electron chi connectivity index (χ4n) is 2.35. The zero-order valence-corrected chi connectivity index (χ0v) is 13.6. The van der Waals surface area contributed by atoms with Gasteiger partial charge in [0.15, 0.2) is 0 Å². The molecule has 0 spiro atoms. The van der Waals surface area contributed by atoms with Crippen molar-refractivity contribution in [1.29, 1.82) is 0 Å². The van der Waals surface area contributed by atoms with Crippen LogP contribution in [0.25, 0.3) is 10.8 Å². The Morgan fingerprint density at radius 3 is 2.36 bits per heavy atom. The van der Waals surface area contributed by atoms with E-state index < -0.39 is 0 Å². The summed E-state index contributed by atoms with van der Waals surface area (Å²) in [6.45, 7) is 7.38. The Hall–Kier alpha value is -1.87. The van der Waals surface area contributed by atoms with E-state index in [9.17, 15) is 4.79 Å². The van der Waals surface area contributed by atoms with E-state index >= 15 is 0 Å². The van der Waals surface area contributed by atoms with Crippen molar-refractivity contribution >= 4 is 16.7 Å². The first-order valence-corrected chi connectivity index (χ1v) is 8.14. The predicted octanol–water partition coefficient (Wildman–Crippen LogP) is 3.60. The van der Waals surface area contributed by atoms with Gasteiger partial charge in [0.1, 0.15) is 0 Å². The third kappa shape index (κ3) is 5.15. The average Bonchev–Trinajstić information content (AvgIpc) is 3.11. The quantitative estimate of drug-likeness (QED) is 0.909. The average molecular weight is 298 g/mol. The highest BCUT2D eigenvalue weighted by Crippen LogP contribution is 2.15. The van der Waals surface area contributed by atoms with Gasteiger partial charge in [-0.1, -0.05) is 44.2 Å². The van der Waals surface area contributed by atoms with Gasteiger partial charge in [-0.15, -0.1) is 0 Å². The van der Waals surface area contributed by atoms with Crippen molar-refractivity contribution in [2.24, 2.45) is 5.92 Å². The Kier molecular flexibility index (Phi) is 6.41. The summed E-state index contributed by atoms with van der Waals surface area (Å²) in [5, 5.41) is 8.41. The molecule has 118 valence electrons. The molecule has 22 heavy (non-hydrogen) atoms. The Balaban J connectivity index is 0.000000299. The largest absolute Gasteiger partial charge is 0.352 e. The van der Waals surface area contributed by atoms with Gasteiger partial charge in [-0.3, -0.25) is 4.79 Å². The number of amides is 1. The van der Waals surface area contributed by atoms with Crippen molar-refractivity contribution in [3.63, 3.8) is 0 Å². The molecule has 1 aliphatic rings. The van der Waals surface area contributed by atoms with Crippen LogP contribution < -0.4 is 10.6 Å². The third-order valence-electron chi connectivity index (χ3n) is 3.64. The molecule has 0 bridgehead atoms. The van der Waals surface area contributed by atoms with E-state index in [1.54, 1.807) is 0 Å². The van der Waals surface area contributed by atoms with Gasteiger partial charge in [0.25, 0.3) is 5.91 Å². The summed E-state index contributed by atoms with van der Waals surface area (Å²) in [6.07, 6.45) is 2.78. The maximum atomic E-state index is 11.9. The molecule has 3 heteroatoms. The summed E-state index contributed by atoms with van der Waals surface area (Å²) in [6, 6.07) is 13.8. The van der Waals surface area contributed by atoms with Crippen LogP contribution in [0, 0.1) is 5.92 Å². The molecule has 1 amide bonds. The number of carbonyl (C=O) groups excluding carboxylic acids is 1. The molecule has 2 aromatic rings. The zero-order valence-electron chi connectivity index (χ0n) is 13.6. The first-order valence-electron chi connectivity index (χ1n) is 8.14. The number of carbonyl (C=O) groups is 1. The van der Waals surface area contributed by atoms with E-state index in [-0.39, 0.29) is 5.91 Å². The lowest BCUT2D eigenvalue weighted by atomic mass is 10.1. The van der Waals surface area contributed by atoms with Gasteiger partial charge < -0.3 is 10.6 Å². The molecule has 2 N–H and O–H groups in total. The topological polar surface area (TPSA) is 41.1 Å². The van der Waals surface area contributed by atoms with Crippen LogP contribution in [0.4, 0.5) is 0 Å². The SMILES string of the molecule is C1CCNC1.CC(C)CNC(=O)c1ccc2ccccc2c1. The first kappa shape index (κ1) is 16.5. The molecule has 3 rings (SSSR count). The number of benzene rings is 2. The van der Waals surface area contributed by atoms with Crippen molar-refractivity contribution in [2.45, 2.75) is 26.7 Å². The van der Waals surface area contributed by atoms with Crippen molar-refractivity contribution in [2.75, 3.05) is 19.6 Å². The van der Waals surface area contributed by atoms with Crippen LogP contribution in [-0.4, -0.2) is 25.5 Å². The van der Waals surface area contributed by atoms with Crippen LogP contribution in [0.2, 0.25) is 0 Å². The van der Waals surface area contributed by atoms with E-state index in [0.717, 1.165) is 16.3 Å². The summed E-state index contributed by atoms with van der Waals surface area (Å²) in [5.41, 5.74) is 0.726. The van der Waals surface area contributed by atoms with E-state index in [1.165, 1.54) is 25.9 Å². The van der Waals surface area contributed by atoms with Gasteiger partial charge in [-0.2, -0.15) is 0 Å². The normalized spacial score (nSPS) is 13.8. The van der Waals surface area contributed by atoms with Gasteiger partial charge in [0.05, 0.1) is 0 Å². The fraction of sp³-hybridized carbons (Fsp3) is 0.421. The van der Waals surface area contributed by atoms with Crippen molar-refractivity contribution in [3.8, 4) is 0 Å². The Morgan fingerprint density at radius 1 is 1.09 bits per heavy atom. The lowest BCUT2D eigenvalue weighted by molar-refractivity contribution is 0.0949. The summed E-state index contributed by atoms with van der Waals surface area (Å²) < 4.78 is 0. The maximum absolute atomic E-state index is 11.9. The van der Waals surface area contributed by atoms with E-state index in [4.69, 9.17) is 0 Å². The molecule has 0 aliphatic carbocycles. The van der Waals surface area contributed by atoms with Gasteiger partial charge in [-0.25, -0.2) is 0 Å². The molecule has 0 atom stereocenters. The van der Waals surface area contributed by atoms with E-state index in [2.05, 4.69) is 24.5 Å². The molecule has 1 heterocycles. The zero-order chi connectivity index (χ0) is 15.8. The van der Waals surface area contributed by atoms with Crippen LogP contribution in [-0.2, 0) is 0 Å². The molecule has 0 saturated carbocycles. The van der Waals surface area contributed by atoms with Crippen LogP contribution in [0.5, 0.6) is 0 Å². The summed E-state index contributed by atoms with van der Waals surface area (Å²) >= 11 is 0. The van der Waals surface area contributed by atoms with Gasteiger partial charge >= 0.3 is 0 Å². The minimum absolute atomic E-state index is 0.00412. The number of fused-ring (bicyclic) bond motifs is 1. The van der Waals surface area contributed by atoms with Crippen LogP contribution >= 0.6 is 0 Å². The second kappa shape index (κ2) is 8.54. The molecule has 1 saturated heterocycles. The van der Waals surface area contributed by atoms with E-state index in [1.807, 2.05) is 42.5 Å². The third-order valence-corrected chi connectivity index (χ3v) is 3.64. The second-order valence-corrected chi connectivity index (χ2v) is 6.12. The van der Waals surface area contributed by atoms with Crippen molar-refractivity contribution in [3.05, 3.63) is 48.0 Å². The Bertz CT molecular complexity index is 596. The van der Waals surface area contributed by atoms with Crippen molar-refractivity contribution in [1.82, 2.24) is 10.6 Å². The highest BCUT2D eigenvalue weighted by atomic mass is 16.1.